The number of aliphatic hydroxyl groups excluding tert-OH is 1. The molecule has 2 aromatic heterocycles. The molecular weight excluding hydrogens is 464 g/mol. The molecule has 1 aliphatic heterocycles. The fourth-order valence-corrected chi connectivity index (χ4v) is 4.60. The first-order valence-electron chi connectivity index (χ1n) is 11.3. The number of amides is 1. The zero-order valence-corrected chi connectivity index (χ0v) is 19.6. The molecule has 1 amide bonds. The quantitative estimate of drug-likeness (QED) is 0.316. The Balaban J connectivity index is 1.53. The standard InChI is InChI=1S/C27H24N2O7/c1-34-17-6-7-19-18(13-17)16(14-28-19)9-10-29-24(15-5-8-20(30)22(12-15)35-2)23(26(32)27(29)33)25(31)21-4-3-11-36-21/h3-8,11-14,24,28,30,32H,9-10H2,1-2H3/t24-/m1/s1. The van der Waals surface area contributed by atoms with Crippen LogP contribution in [0.25, 0.3) is 10.9 Å². The van der Waals surface area contributed by atoms with Gasteiger partial charge >= 0.3 is 0 Å². The summed E-state index contributed by atoms with van der Waals surface area (Å²) in [5, 5.41) is 21.9. The van der Waals surface area contributed by atoms with Crippen molar-refractivity contribution in [1.82, 2.24) is 9.88 Å². The third-order valence-corrected chi connectivity index (χ3v) is 6.41. The van der Waals surface area contributed by atoms with Crippen LogP contribution in [0.4, 0.5) is 0 Å². The molecule has 4 aromatic rings. The highest BCUT2D eigenvalue weighted by atomic mass is 16.5. The van der Waals surface area contributed by atoms with Gasteiger partial charge in [-0.25, -0.2) is 0 Å². The van der Waals surface area contributed by atoms with Crippen LogP contribution in [0.3, 0.4) is 0 Å². The van der Waals surface area contributed by atoms with Crippen LogP contribution >= 0.6 is 0 Å². The summed E-state index contributed by atoms with van der Waals surface area (Å²) in [6.45, 7) is 0.204. The molecule has 2 aromatic carbocycles. The Labute approximate surface area is 206 Å². The number of hydrogen-bond acceptors (Lipinski definition) is 7. The first kappa shape index (κ1) is 23.1. The highest BCUT2D eigenvalue weighted by molar-refractivity contribution is 6.15. The topological polar surface area (TPSA) is 125 Å². The van der Waals surface area contributed by atoms with Gasteiger partial charge in [-0.15, -0.1) is 0 Å². The second kappa shape index (κ2) is 9.18. The van der Waals surface area contributed by atoms with Crippen LogP contribution in [0.5, 0.6) is 17.2 Å². The number of hydrogen-bond donors (Lipinski definition) is 3. The second-order valence-electron chi connectivity index (χ2n) is 8.38. The number of phenols is 1. The number of Topliss-reactive ketones (excluding diaryl/α,β-unsaturated/α-hetero) is 1. The number of phenolic OH excluding ortho intramolecular Hbond substituents is 1. The van der Waals surface area contributed by atoms with E-state index in [1.807, 2.05) is 24.4 Å². The number of ether oxygens (including phenoxy) is 2. The number of fused-ring (bicyclic) bond motifs is 1. The van der Waals surface area contributed by atoms with Gasteiger partial charge in [0.05, 0.1) is 32.1 Å². The summed E-state index contributed by atoms with van der Waals surface area (Å²) in [7, 11) is 3.00. The van der Waals surface area contributed by atoms with Gasteiger partial charge in [-0.1, -0.05) is 6.07 Å². The third-order valence-electron chi connectivity index (χ3n) is 6.41. The van der Waals surface area contributed by atoms with Gasteiger partial charge < -0.3 is 34.0 Å². The van der Waals surface area contributed by atoms with E-state index in [-0.39, 0.29) is 29.4 Å². The Hall–Kier alpha value is -4.66. The lowest BCUT2D eigenvalue weighted by Gasteiger charge is -2.27. The van der Waals surface area contributed by atoms with E-state index in [4.69, 9.17) is 13.9 Å². The SMILES string of the molecule is COc1ccc2[nH]cc(CCN3C(=O)C(O)=C(C(=O)c4ccco4)[C@H]3c3ccc(O)c(OC)c3)c2c1. The van der Waals surface area contributed by atoms with E-state index in [2.05, 4.69) is 4.98 Å². The van der Waals surface area contributed by atoms with Gasteiger partial charge in [-0.2, -0.15) is 0 Å². The van der Waals surface area contributed by atoms with Crippen molar-refractivity contribution in [2.45, 2.75) is 12.5 Å². The maximum atomic E-state index is 13.3. The number of carbonyl (C=O) groups is 2. The summed E-state index contributed by atoms with van der Waals surface area (Å²) in [5.41, 5.74) is 2.28. The average molecular weight is 488 g/mol. The minimum Gasteiger partial charge on any atom is -0.504 e. The summed E-state index contributed by atoms with van der Waals surface area (Å²) in [6.07, 6.45) is 3.66. The first-order valence-corrected chi connectivity index (χ1v) is 11.3. The number of nitrogens with one attached hydrogen (secondary N) is 1. The van der Waals surface area contributed by atoms with Crippen molar-refractivity contribution in [2.75, 3.05) is 20.8 Å². The minimum atomic E-state index is -0.913. The predicted molar refractivity (Wildman–Crippen MR) is 130 cm³/mol. The fraction of sp³-hybridized carbons (Fsp3) is 0.185. The number of aliphatic hydroxyl groups is 1. The number of furan rings is 1. The molecule has 0 saturated heterocycles. The van der Waals surface area contributed by atoms with E-state index >= 15 is 0 Å². The number of nitrogens with zero attached hydrogens (tertiary/aromatic N) is 1. The van der Waals surface area contributed by atoms with Gasteiger partial charge in [0.1, 0.15) is 5.75 Å². The van der Waals surface area contributed by atoms with Crippen molar-refractivity contribution < 1.29 is 33.7 Å². The van der Waals surface area contributed by atoms with Crippen LogP contribution in [0, 0.1) is 0 Å². The maximum Gasteiger partial charge on any atom is 0.290 e. The number of aromatic hydroxyl groups is 1. The van der Waals surface area contributed by atoms with Crippen LogP contribution in [0.1, 0.15) is 27.7 Å². The number of methoxy groups -OCH3 is 2. The molecule has 0 spiro atoms. The van der Waals surface area contributed by atoms with Crippen molar-refractivity contribution in [3.63, 3.8) is 0 Å². The van der Waals surface area contributed by atoms with Gasteiger partial charge in [0, 0.05) is 23.6 Å². The Kier molecular flexibility index (Phi) is 5.89. The number of ketones is 1. The summed E-state index contributed by atoms with van der Waals surface area (Å²) < 4.78 is 15.8. The molecular formula is C27H24N2O7. The molecule has 9 heteroatoms. The third kappa shape index (κ3) is 3.84. The molecule has 1 atom stereocenters. The Bertz CT molecular complexity index is 1480. The van der Waals surface area contributed by atoms with Crippen LogP contribution in [-0.2, 0) is 11.2 Å². The van der Waals surface area contributed by atoms with Gasteiger partial charge in [-0.05, 0) is 60.0 Å². The smallest absolute Gasteiger partial charge is 0.290 e. The number of aromatic amines is 1. The van der Waals surface area contributed by atoms with Gasteiger partial charge in [0.25, 0.3) is 5.91 Å². The molecule has 0 radical (unpaired) electrons. The van der Waals surface area contributed by atoms with Crippen LogP contribution < -0.4 is 9.47 Å². The molecule has 0 saturated carbocycles. The van der Waals surface area contributed by atoms with Crippen molar-refractivity contribution in [3.8, 4) is 17.2 Å². The Morgan fingerprint density at radius 3 is 2.67 bits per heavy atom. The van der Waals surface area contributed by atoms with Gasteiger partial charge in [0.2, 0.25) is 5.78 Å². The van der Waals surface area contributed by atoms with Gasteiger partial charge in [0.15, 0.2) is 23.0 Å². The molecule has 184 valence electrons. The molecule has 0 aliphatic carbocycles. The zero-order valence-electron chi connectivity index (χ0n) is 19.6. The lowest BCUT2D eigenvalue weighted by Crippen LogP contribution is -2.33. The summed E-state index contributed by atoms with van der Waals surface area (Å²) in [4.78, 5) is 31.2. The van der Waals surface area contributed by atoms with E-state index < -0.39 is 23.5 Å². The summed E-state index contributed by atoms with van der Waals surface area (Å²) in [6, 6.07) is 12.4. The molecule has 3 heterocycles. The predicted octanol–water partition coefficient (Wildman–Crippen LogP) is 4.30. The molecule has 0 bridgehead atoms. The lowest BCUT2D eigenvalue weighted by molar-refractivity contribution is -0.129. The van der Waals surface area contributed by atoms with E-state index in [9.17, 15) is 19.8 Å². The highest BCUT2D eigenvalue weighted by Crippen LogP contribution is 2.41. The highest BCUT2D eigenvalue weighted by Gasteiger charge is 2.44. The molecule has 0 unspecified atom stereocenters. The summed E-state index contributed by atoms with van der Waals surface area (Å²) >= 11 is 0. The van der Waals surface area contributed by atoms with Crippen molar-refractivity contribution in [2.24, 2.45) is 0 Å². The number of H-pyrrole nitrogens is 1. The minimum absolute atomic E-state index is 0.00525. The number of benzene rings is 2. The number of aromatic nitrogens is 1. The molecule has 3 N–H and O–H groups in total. The van der Waals surface area contributed by atoms with Crippen LogP contribution in [0.15, 0.2) is 76.7 Å². The van der Waals surface area contributed by atoms with Crippen molar-refractivity contribution in [3.05, 3.63) is 89.2 Å². The average Bonchev–Trinajstić information content (AvgIpc) is 3.62. The van der Waals surface area contributed by atoms with Crippen molar-refractivity contribution >= 4 is 22.6 Å². The summed E-state index contributed by atoms with van der Waals surface area (Å²) in [5.74, 6) is -1.08. The van der Waals surface area contributed by atoms with E-state index in [1.54, 1.807) is 25.3 Å². The monoisotopic (exact) mass is 488 g/mol. The second-order valence-corrected chi connectivity index (χ2v) is 8.38. The molecule has 9 nitrogen and oxygen atoms in total. The Morgan fingerprint density at radius 1 is 1.11 bits per heavy atom. The van der Waals surface area contributed by atoms with Gasteiger partial charge in [-0.3, -0.25) is 9.59 Å². The van der Waals surface area contributed by atoms with E-state index in [1.165, 1.54) is 30.4 Å². The Morgan fingerprint density at radius 2 is 1.94 bits per heavy atom. The van der Waals surface area contributed by atoms with Crippen LogP contribution in [-0.4, -0.2) is 52.6 Å². The fourth-order valence-electron chi connectivity index (χ4n) is 4.60. The lowest BCUT2D eigenvalue weighted by atomic mass is 9.94. The number of carbonyl (C=O) groups excluding carboxylic acids is 2. The van der Waals surface area contributed by atoms with Crippen LogP contribution in [0.2, 0.25) is 0 Å². The molecule has 36 heavy (non-hydrogen) atoms. The first-order chi connectivity index (χ1) is 17.4. The molecule has 5 rings (SSSR count). The normalized spacial score (nSPS) is 15.7. The largest absolute Gasteiger partial charge is 0.504 e. The van der Waals surface area contributed by atoms with Crippen molar-refractivity contribution in [1.29, 1.82) is 0 Å². The molecule has 1 aliphatic rings. The molecule has 0 fully saturated rings. The van der Waals surface area contributed by atoms with E-state index in [0.29, 0.717) is 17.7 Å². The van der Waals surface area contributed by atoms with E-state index in [0.717, 1.165) is 16.5 Å². The number of rotatable bonds is 8. The maximum absolute atomic E-state index is 13.3. The zero-order chi connectivity index (χ0) is 25.4.